The number of carboxylic acid groups (broad SMARTS) is 1. The van der Waals surface area contributed by atoms with Gasteiger partial charge in [0, 0.05) is 12.8 Å². The number of unbranched alkanes of at least 4 members (excludes halogenated alkanes) is 37. The number of allylic oxidation sites excluding steroid dienone is 2. The van der Waals surface area contributed by atoms with E-state index in [9.17, 15) is 34.8 Å². The molecule has 0 spiro atoms. The van der Waals surface area contributed by atoms with Crippen LogP contribution in [-0.2, 0) is 33.3 Å². The van der Waals surface area contributed by atoms with Crippen LogP contribution in [0.1, 0.15) is 284 Å². The van der Waals surface area contributed by atoms with Crippen LogP contribution < -0.4 is 0 Å². The maximum Gasteiger partial charge on any atom is 0.335 e. The highest BCUT2D eigenvalue weighted by Gasteiger charge is 2.47. The van der Waals surface area contributed by atoms with Crippen molar-refractivity contribution < 1.29 is 53.8 Å². The van der Waals surface area contributed by atoms with E-state index in [2.05, 4.69) is 26.0 Å². The molecule has 1 heterocycles. The standard InChI is InChI=1S/C57H106O11/c1-3-5-7-9-11-13-15-17-19-21-23-24-25-26-28-30-32-34-36-38-40-42-44-46-51(59)67-49(48-66-57-54(62)52(60)53(61)55(68-57)56(63)64)47-65-50(58)45-43-41-39-37-35-33-31-29-27-22-20-18-16-14-12-10-8-6-4-2/h18,20,49,52-55,57,60-62H,3-17,19,21-48H2,1-2H3,(H,63,64)/b20-18-. The van der Waals surface area contributed by atoms with Crippen LogP contribution in [0.4, 0.5) is 0 Å². The van der Waals surface area contributed by atoms with Gasteiger partial charge in [-0.25, -0.2) is 4.79 Å². The van der Waals surface area contributed by atoms with Gasteiger partial charge < -0.3 is 39.4 Å². The van der Waals surface area contributed by atoms with E-state index >= 15 is 0 Å². The second kappa shape index (κ2) is 47.3. The molecule has 0 aromatic rings. The third-order valence-electron chi connectivity index (χ3n) is 13.6. The normalized spacial score (nSPS) is 18.9. The van der Waals surface area contributed by atoms with Gasteiger partial charge in [-0.15, -0.1) is 0 Å². The Hall–Kier alpha value is -2.05. The van der Waals surface area contributed by atoms with E-state index < -0.39 is 54.7 Å². The molecule has 11 nitrogen and oxygen atoms in total. The van der Waals surface area contributed by atoms with E-state index in [1.807, 2.05) is 0 Å². The minimum Gasteiger partial charge on any atom is -0.479 e. The molecule has 0 saturated carbocycles. The highest BCUT2D eigenvalue weighted by atomic mass is 16.7. The van der Waals surface area contributed by atoms with Gasteiger partial charge in [0.15, 0.2) is 18.5 Å². The van der Waals surface area contributed by atoms with Crippen LogP contribution in [0, 0.1) is 0 Å². The number of hydrogen-bond donors (Lipinski definition) is 4. The van der Waals surface area contributed by atoms with Gasteiger partial charge in [0.2, 0.25) is 0 Å². The van der Waals surface area contributed by atoms with E-state index in [1.54, 1.807) is 0 Å². The molecule has 1 rings (SSSR count). The van der Waals surface area contributed by atoms with Crippen molar-refractivity contribution in [2.75, 3.05) is 13.2 Å². The van der Waals surface area contributed by atoms with Crippen molar-refractivity contribution in [1.29, 1.82) is 0 Å². The molecule has 1 fully saturated rings. The summed E-state index contributed by atoms with van der Waals surface area (Å²) in [6.45, 7) is 3.87. The number of carboxylic acids is 1. The van der Waals surface area contributed by atoms with Gasteiger partial charge >= 0.3 is 17.9 Å². The Bertz CT molecular complexity index is 1180. The number of hydrogen-bond acceptors (Lipinski definition) is 10. The molecule has 1 aliphatic heterocycles. The predicted octanol–water partition coefficient (Wildman–Crippen LogP) is 14.3. The fourth-order valence-corrected chi connectivity index (χ4v) is 9.11. The van der Waals surface area contributed by atoms with Gasteiger partial charge in [0.25, 0.3) is 0 Å². The number of ether oxygens (including phenoxy) is 4. The first kappa shape index (κ1) is 64.0. The molecule has 1 aliphatic rings. The summed E-state index contributed by atoms with van der Waals surface area (Å²) in [5, 5.41) is 40.0. The molecule has 4 N–H and O–H groups in total. The Balaban J connectivity index is 2.23. The number of aliphatic carboxylic acids is 1. The summed E-state index contributed by atoms with van der Waals surface area (Å²) in [5.74, 6) is -2.42. The first-order valence-electron chi connectivity index (χ1n) is 28.7. The summed E-state index contributed by atoms with van der Waals surface area (Å²) in [6.07, 6.45) is 45.5. The van der Waals surface area contributed by atoms with E-state index in [1.165, 1.54) is 205 Å². The highest BCUT2D eigenvalue weighted by Crippen LogP contribution is 2.23. The van der Waals surface area contributed by atoms with Crippen molar-refractivity contribution in [3.8, 4) is 0 Å². The molecule has 1 saturated heterocycles. The zero-order valence-corrected chi connectivity index (χ0v) is 43.9. The number of esters is 2. The fraction of sp³-hybridized carbons (Fsp3) is 0.912. The predicted molar refractivity (Wildman–Crippen MR) is 276 cm³/mol. The Morgan fingerprint density at radius 2 is 0.779 bits per heavy atom. The van der Waals surface area contributed by atoms with Gasteiger partial charge in [-0.2, -0.15) is 0 Å². The molecule has 0 radical (unpaired) electrons. The van der Waals surface area contributed by atoms with Crippen LogP contribution in [0.15, 0.2) is 12.2 Å². The van der Waals surface area contributed by atoms with Crippen molar-refractivity contribution >= 4 is 17.9 Å². The largest absolute Gasteiger partial charge is 0.479 e. The molecule has 6 atom stereocenters. The average molecular weight is 967 g/mol. The van der Waals surface area contributed by atoms with Crippen LogP contribution in [0.5, 0.6) is 0 Å². The van der Waals surface area contributed by atoms with Gasteiger partial charge in [-0.05, 0) is 38.5 Å². The van der Waals surface area contributed by atoms with Crippen molar-refractivity contribution in [1.82, 2.24) is 0 Å². The lowest BCUT2D eigenvalue weighted by Crippen LogP contribution is -2.60. The minimum absolute atomic E-state index is 0.189. The van der Waals surface area contributed by atoms with Gasteiger partial charge in [0.05, 0.1) is 6.61 Å². The lowest BCUT2D eigenvalue weighted by atomic mass is 9.99. The number of aliphatic hydroxyl groups is 3. The Morgan fingerprint density at radius 1 is 0.441 bits per heavy atom. The van der Waals surface area contributed by atoms with Crippen molar-refractivity contribution in [2.24, 2.45) is 0 Å². The van der Waals surface area contributed by atoms with Crippen molar-refractivity contribution in [2.45, 2.75) is 320 Å². The van der Waals surface area contributed by atoms with Crippen molar-refractivity contribution in [3.05, 3.63) is 12.2 Å². The van der Waals surface area contributed by atoms with Crippen LogP contribution in [0.2, 0.25) is 0 Å². The lowest BCUT2D eigenvalue weighted by Gasteiger charge is -2.38. The summed E-state index contributed by atoms with van der Waals surface area (Å²) < 4.78 is 21.9. The molecule has 11 heteroatoms. The Labute approximate surface area is 416 Å². The van der Waals surface area contributed by atoms with Gasteiger partial charge in [-0.3, -0.25) is 9.59 Å². The molecule has 0 amide bonds. The topological polar surface area (TPSA) is 169 Å². The maximum absolute atomic E-state index is 12.9. The highest BCUT2D eigenvalue weighted by molar-refractivity contribution is 5.73. The molecule has 6 unspecified atom stereocenters. The SMILES string of the molecule is CCCCCCCC/C=C\CCCCCCCCCCCC(=O)OCC(COC1OC(C(=O)O)C(O)C(O)C1O)OC(=O)CCCCCCCCCCCCCCCCCCCCCCCCC. The first-order chi connectivity index (χ1) is 33.2. The molecule has 68 heavy (non-hydrogen) atoms. The van der Waals surface area contributed by atoms with E-state index in [0.29, 0.717) is 12.8 Å². The molecule has 0 aliphatic carbocycles. The summed E-state index contributed by atoms with van der Waals surface area (Å²) in [5.41, 5.74) is 0. The number of rotatable bonds is 50. The first-order valence-corrected chi connectivity index (χ1v) is 28.7. The van der Waals surface area contributed by atoms with Crippen LogP contribution in [0.3, 0.4) is 0 Å². The number of aliphatic hydroxyl groups excluding tert-OH is 3. The van der Waals surface area contributed by atoms with E-state index in [0.717, 1.165) is 38.5 Å². The average Bonchev–Trinajstić information content (AvgIpc) is 3.32. The minimum atomic E-state index is -1.86. The van der Waals surface area contributed by atoms with Gasteiger partial charge in [-0.1, -0.05) is 244 Å². The summed E-state index contributed by atoms with van der Waals surface area (Å²) in [6, 6.07) is 0. The van der Waals surface area contributed by atoms with E-state index in [-0.39, 0.29) is 26.1 Å². The maximum atomic E-state index is 12.9. The third kappa shape index (κ3) is 37.7. The molecule has 0 aromatic heterocycles. The lowest BCUT2D eigenvalue weighted by molar-refractivity contribution is -0.298. The smallest absolute Gasteiger partial charge is 0.335 e. The zero-order valence-electron chi connectivity index (χ0n) is 43.9. The van der Waals surface area contributed by atoms with Crippen LogP contribution in [0.25, 0.3) is 0 Å². The summed E-state index contributed by atoms with van der Waals surface area (Å²) in [7, 11) is 0. The Kier molecular flexibility index (Phi) is 44.5. The summed E-state index contributed by atoms with van der Waals surface area (Å²) >= 11 is 0. The monoisotopic (exact) mass is 967 g/mol. The van der Waals surface area contributed by atoms with Crippen LogP contribution in [-0.4, -0.2) is 88.4 Å². The third-order valence-corrected chi connectivity index (χ3v) is 13.6. The number of carbonyl (C=O) groups excluding carboxylic acids is 2. The quantitative estimate of drug-likeness (QED) is 0.0260. The zero-order chi connectivity index (χ0) is 49.6. The fourth-order valence-electron chi connectivity index (χ4n) is 9.11. The molecule has 400 valence electrons. The van der Waals surface area contributed by atoms with E-state index in [4.69, 9.17) is 18.9 Å². The second-order valence-electron chi connectivity index (χ2n) is 20.1. The molecular weight excluding hydrogens is 861 g/mol. The Morgan fingerprint density at radius 3 is 1.15 bits per heavy atom. The molecule has 0 bridgehead atoms. The molecular formula is C57H106O11. The van der Waals surface area contributed by atoms with Gasteiger partial charge in [0.1, 0.15) is 24.9 Å². The van der Waals surface area contributed by atoms with Crippen molar-refractivity contribution in [3.63, 3.8) is 0 Å². The summed E-state index contributed by atoms with van der Waals surface area (Å²) in [4.78, 5) is 37.1. The number of carbonyl (C=O) groups is 3. The molecule has 0 aromatic carbocycles. The van der Waals surface area contributed by atoms with Crippen LogP contribution >= 0.6 is 0 Å². The second-order valence-corrected chi connectivity index (χ2v) is 20.1.